The maximum absolute atomic E-state index is 13.0. The Morgan fingerprint density at radius 3 is 2.59 bits per heavy atom. The van der Waals surface area contributed by atoms with Crippen LogP contribution in [0.4, 0.5) is 5.69 Å². The van der Waals surface area contributed by atoms with Gasteiger partial charge in [0, 0.05) is 11.6 Å². The number of para-hydroxylation sites is 1. The Balaban J connectivity index is 1.63. The number of carbonyl (C=O) groups is 2. The van der Waals surface area contributed by atoms with Gasteiger partial charge in [0.2, 0.25) is 11.8 Å². The third-order valence-electron chi connectivity index (χ3n) is 5.53. The van der Waals surface area contributed by atoms with E-state index in [1.165, 1.54) is 4.90 Å². The summed E-state index contributed by atoms with van der Waals surface area (Å²) in [6.07, 6.45) is 4.87. The molecule has 2 amide bonds. The van der Waals surface area contributed by atoms with Crippen molar-refractivity contribution in [3.8, 4) is 0 Å². The van der Waals surface area contributed by atoms with Gasteiger partial charge in [-0.15, -0.1) is 0 Å². The number of hydrogen-bond acceptors (Lipinski definition) is 4. The molecule has 6 heteroatoms. The van der Waals surface area contributed by atoms with E-state index < -0.39 is 23.4 Å². The standard InChI is InChI=1S/C21H19BrN2O3/c1-21(18(25)13-7-8-17(22)23-12-13)10-9-15-16(11-21)20(27)24(19(15)26)14-5-3-2-4-6-14/h2-10,12,15-16,18,25H,11H2,1H3/t15-,16+,18-,21+/m1/s1. The number of aromatic nitrogens is 1. The van der Waals surface area contributed by atoms with Gasteiger partial charge in [0.1, 0.15) is 4.60 Å². The van der Waals surface area contributed by atoms with Crippen LogP contribution in [0.3, 0.4) is 0 Å². The van der Waals surface area contributed by atoms with Gasteiger partial charge in [-0.25, -0.2) is 9.88 Å². The van der Waals surface area contributed by atoms with Gasteiger partial charge in [-0.05, 0) is 46.1 Å². The highest BCUT2D eigenvalue weighted by atomic mass is 79.9. The van der Waals surface area contributed by atoms with E-state index in [1.807, 2.05) is 37.3 Å². The molecule has 1 aliphatic heterocycles. The highest BCUT2D eigenvalue weighted by Crippen LogP contribution is 2.49. The van der Waals surface area contributed by atoms with Crippen LogP contribution in [0.15, 0.2) is 65.4 Å². The fourth-order valence-corrected chi connectivity index (χ4v) is 4.24. The molecule has 4 rings (SSSR count). The van der Waals surface area contributed by atoms with Crippen molar-refractivity contribution in [2.24, 2.45) is 17.3 Å². The van der Waals surface area contributed by atoms with Gasteiger partial charge in [0.15, 0.2) is 0 Å². The topological polar surface area (TPSA) is 70.5 Å². The summed E-state index contributed by atoms with van der Waals surface area (Å²) in [5, 5.41) is 10.9. The normalized spacial score (nSPS) is 28.3. The van der Waals surface area contributed by atoms with E-state index in [2.05, 4.69) is 20.9 Å². The first kappa shape index (κ1) is 18.1. The molecule has 0 unspecified atom stereocenters. The predicted octanol–water partition coefficient (Wildman–Crippen LogP) is 3.65. The quantitative estimate of drug-likeness (QED) is 0.461. The Bertz CT molecular complexity index is 913. The molecule has 1 N–H and O–H groups in total. The van der Waals surface area contributed by atoms with E-state index in [1.54, 1.807) is 30.5 Å². The lowest BCUT2D eigenvalue weighted by molar-refractivity contribution is -0.122. The molecule has 138 valence electrons. The van der Waals surface area contributed by atoms with Crippen LogP contribution in [0.5, 0.6) is 0 Å². The zero-order valence-corrected chi connectivity index (χ0v) is 16.3. The molecule has 2 aliphatic rings. The monoisotopic (exact) mass is 426 g/mol. The van der Waals surface area contributed by atoms with Crippen molar-refractivity contribution in [2.75, 3.05) is 4.90 Å². The fourth-order valence-electron chi connectivity index (χ4n) is 4.01. The van der Waals surface area contributed by atoms with Crippen molar-refractivity contribution >= 4 is 33.4 Å². The minimum Gasteiger partial charge on any atom is -0.387 e. The molecule has 1 saturated heterocycles. The van der Waals surface area contributed by atoms with Crippen molar-refractivity contribution in [1.29, 1.82) is 0 Å². The maximum Gasteiger partial charge on any atom is 0.241 e. The second-order valence-corrected chi connectivity index (χ2v) is 8.18. The van der Waals surface area contributed by atoms with E-state index in [9.17, 15) is 14.7 Å². The first-order valence-corrected chi connectivity index (χ1v) is 9.62. The summed E-state index contributed by atoms with van der Waals surface area (Å²) in [5.41, 5.74) is 0.620. The Morgan fingerprint density at radius 1 is 1.19 bits per heavy atom. The summed E-state index contributed by atoms with van der Waals surface area (Å²) in [4.78, 5) is 31.3. The fraction of sp³-hybridized carbons (Fsp3) is 0.286. The van der Waals surface area contributed by atoms with Gasteiger partial charge < -0.3 is 5.11 Å². The Labute approximate surface area is 165 Å². The molecule has 0 saturated carbocycles. The summed E-state index contributed by atoms with van der Waals surface area (Å²) in [6.45, 7) is 1.91. The lowest BCUT2D eigenvalue weighted by atomic mass is 9.68. The van der Waals surface area contributed by atoms with Crippen LogP contribution < -0.4 is 4.90 Å². The van der Waals surface area contributed by atoms with Gasteiger partial charge in [-0.1, -0.05) is 43.3 Å². The number of rotatable bonds is 3. The summed E-state index contributed by atoms with van der Waals surface area (Å²) in [7, 11) is 0. The molecule has 0 bridgehead atoms. The van der Waals surface area contributed by atoms with Crippen molar-refractivity contribution in [3.05, 3.63) is 71.0 Å². The van der Waals surface area contributed by atoms with Crippen molar-refractivity contribution < 1.29 is 14.7 Å². The molecule has 4 atom stereocenters. The number of halogens is 1. The number of anilines is 1. The number of pyridine rings is 1. The van der Waals surface area contributed by atoms with E-state index in [0.29, 0.717) is 22.3 Å². The number of fused-ring (bicyclic) bond motifs is 1. The Hall–Kier alpha value is -2.31. The van der Waals surface area contributed by atoms with E-state index in [-0.39, 0.29) is 11.8 Å². The first-order chi connectivity index (χ1) is 12.9. The van der Waals surface area contributed by atoms with Crippen LogP contribution in [0.25, 0.3) is 0 Å². The maximum atomic E-state index is 13.0. The number of amides is 2. The second-order valence-electron chi connectivity index (χ2n) is 7.37. The van der Waals surface area contributed by atoms with E-state index in [0.717, 1.165) is 0 Å². The Morgan fingerprint density at radius 2 is 1.93 bits per heavy atom. The molecular formula is C21H19BrN2O3. The summed E-state index contributed by atoms with van der Waals surface area (Å²) in [5.74, 6) is -1.34. The van der Waals surface area contributed by atoms with Crippen LogP contribution >= 0.6 is 15.9 Å². The third-order valence-corrected chi connectivity index (χ3v) is 5.99. The van der Waals surface area contributed by atoms with Crippen LogP contribution in [0, 0.1) is 17.3 Å². The number of imide groups is 1. The summed E-state index contributed by atoms with van der Waals surface area (Å²) in [6, 6.07) is 12.6. The molecular weight excluding hydrogens is 408 g/mol. The average molecular weight is 427 g/mol. The SMILES string of the molecule is C[C@]1([C@H](O)c2ccc(Br)nc2)C=C[C@H]2C(=O)N(c3ccccc3)C(=O)[C@H]2C1. The molecule has 0 radical (unpaired) electrons. The molecule has 1 aromatic heterocycles. The number of benzene rings is 1. The van der Waals surface area contributed by atoms with Crippen molar-refractivity contribution in [3.63, 3.8) is 0 Å². The van der Waals surface area contributed by atoms with Gasteiger partial charge in [-0.3, -0.25) is 9.59 Å². The van der Waals surface area contributed by atoms with Crippen molar-refractivity contribution in [2.45, 2.75) is 19.4 Å². The number of aliphatic hydroxyl groups is 1. The summed E-state index contributed by atoms with van der Waals surface area (Å²) >= 11 is 3.29. The minimum atomic E-state index is -0.816. The molecule has 1 fully saturated rings. The van der Waals surface area contributed by atoms with Gasteiger partial charge >= 0.3 is 0 Å². The largest absolute Gasteiger partial charge is 0.387 e. The molecule has 5 nitrogen and oxygen atoms in total. The Kier molecular flexibility index (Phi) is 4.48. The van der Waals surface area contributed by atoms with Gasteiger partial charge in [-0.2, -0.15) is 0 Å². The highest BCUT2D eigenvalue weighted by Gasteiger charge is 2.52. The molecule has 0 spiro atoms. The van der Waals surface area contributed by atoms with E-state index in [4.69, 9.17) is 0 Å². The summed E-state index contributed by atoms with van der Waals surface area (Å²) < 4.78 is 0.693. The smallest absolute Gasteiger partial charge is 0.241 e. The highest BCUT2D eigenvalue weighted by molar-refractivity contribution is 9.10. The molecule has 2 aromatic rings. The van der Waals surface area contributed by atoms with E-state index >= 15 is 0 Å². The van der Waals surface area contributed by atoms with Crippen LogP contribution in [0.1, 0.15) is 25.0 Å². The lowest BCUT2D eigenvalue weighted by Gasteiger charge is -2.37. The number of hydrogen-bond donors (Lipinski definition) is 1. The van der Waals surface area contributed by atoms with Crippen LogP contribution in [-0.2, 0) is 9.59 Å². The minimum absolute atomic E-state index is 0.200. The predicted molar refractivity (Wildman–Crippen MR) is 105 cm³/mol. The van der Waals surface area contributed by atoms with Crippen molar-refractivity contribution in [1.82, 2.24) is 4.98 Å². The number of aliphatic hydroxyl groups excluding tert-OH is 1. The van der Waals surface area contributed by atoms with Crippen LogP contribution in [0.2, 0.25) is 0 Å². The third kappa shape index (κ3) is 3.03. The van der Waals surface area contributed by atoms with Crippen LogP contribution in [-0.4, -0.2) is 21.9 Å². The lowest BCUT2D eigenvalue weighted by Crippen LogP contribution is -2.34. The number of nitrogens with zero attached hydrogens (tertiary/aromatic N) is 2. The second kappa shape index (κ2) is 6.69. The van der Waals surface area contributed by atoms with Gasteiger partial charge in [0.25, 0.3) is 0 Å². The molecule has 27 heavy (non-hydrogen) atoms. The van der Waals surface area contributed by atoms with Gasteiger partial charge in [0.05, 0.1) is 23.6 Å². The molecule has 1 aromatic carbocycles. The zero-order valence-electron chi connectivity index (χ0n) is 14.7. The zero-order chi connectivity index (χ0) is 19.2. The molecule has 1 aliphatic carbocycles. The average Bonchev–Trinajstić information content (AvgIpc) is 2.92. The molecule has 2 heterocycles. The number of carbonyl (C=O) groups excluding carboxylic acids is 2. The first-order valence-electron chi connectivity index (χ1n) is 8.82.